The third kappa shape index (κ3) is 5.47. The number of aromatic hydroxyl groups is 1. The van der Waals surface area contributed by atoms with Crippen molar-refractivity contribution < 1.29 is 15.0 Å². The Balaban J connectivity index is 1.84. The van der Waals surface area contributed by atoms with Crippen LogP contribution >= 0.6 is 11.6 Å². The minimum absolute atomic E-state index is 0.00353. The molecule has 0 aliphatic heterocycles. The van der Waals surface area contributed by atoms with E-state index in [2.05, 4.69) is 9.88 Å². The zero-order chi connectivity index (χ0) is 24.2. The van der Waals surface area contributed by atoms with Gasteiger partial charge in [0.25, 0.3) is 0 Å². The average molecular weight is 476 g/mol. The highest BCUT2D eigenvalue weighted by molar-refractivity contribution is 6.31. The summed E-state index contributed by atoms with van der Waals surface area (Å²) in [6, 6.07) is 21.0. The smallest absolute Gasteiger partial charge is 0.303 e. The molecule has 0 aliphatic rings. The van der Waals surface area contributed by atoms with Crippen LogP contribution in [0.15, 0.2) is 71.7 Å². The summed E-state index contributed by atoms with van der Waals surface area (Å²) < 4.78 is 0. The number of aliphatic carboxylic acids is 1. The summed E-state index contributed by atoms with van der Waals surface area (Å²) in [6.45, 7) is 0.826. The predicted octanol–water partition coefficient (Wildman–Crippen LogP) is 5.77. The number of nitrogens with one attached hydrogen (secondary N) is 1. The molecule has 1 heterocycles. The molecule has 4 aromatic rings. The van der Waals surface area contributed by atoms with Crippen LogP contribution in [-0.2, 0) is 17.8 Å². The Morgan fingerprint density at radius 1 is 1.03 bits per heavy atom. The number of halogens is 1. The number of fused-ring (bicyclic) bond motifs is 1. The Kier molecular flexibility index (Phi) is 7.01. The van der Waals surface area contributed by atoms with E-state index in [1.165, 1.54) is 5.56 Å². The van der Waals surface area contributed by atoms with Crippen molar-refractivity contribution >= 4 is 39.9 Å². The monoisotopic (exact) mass is 475 g/mol. The van der Waals surface area contributed by atoms with Gasteiger partial charge >= 0.3 is 5.97 Å². The summed E-state index contributed by atoms with van der Waals surface area (Å²) in [6.07, 6.45) is 0.450. The second-order valence-electron chi connectivity index (χ2n) is 8.50. The predicted molar refractivity (Wildman–Crippen MR) is 137 cm³/mol. The highest BCUT2D eigenvalue weighted by Crippen LogP contribution is 2.33. The Hall–Kier alpha value is -3.61. The van der Waals surface area contributed by atoms with Gasteiger partial charge in [-0.1, -0.05) is 48.0 Å². The lowest BCUT2D eigenvalue weighted by molar-refractivity contribution is -0.136. The average Bonchev–Trinajstić information content (AvgIpc) is 3.11. The molecule has 4 rings (SSSR count). The first-order valence-corrected chi connectivity index (χ1v) is 11.3. The van der Waals surface area contributed by atoms with Gasteiger partial charge in [-0.2, -0.15) is 0 Å². The van der Waals surface area contributed by atoms with Crippen LogP contribution in [0.3, 0.4) is 0 Å². The second kappa shape index (κ2) is 10.1. The second-order valence-corrected chi connectivity index (χ2v) is 8.93. The van der Waals surface area contributed by atoms with E-state index in [-0.39, 0.29) is 12.3 Å². The van der Waals surface area contributed by atoms with Crippen LogP contribution in [0.5, 0.6) is 5.88 Å². The van der Waals surface area contributed by atoms with E-state index < -0.39 is 5.97 Å². The summed E-state index contributed by atoms with van der Waals surface area (Å²) >= 11 is 6.16. The van der Waals surface area contributed by atoms with E-state index in [1.54, 1.807) is 12.1 Å². The van der Waals surface area contributed by atoms with Gasteiger partial charge < -0.3 is 20.1 Å². The lowest BCUT2D eigenvalue weighted by atomic mass is 9.97. The van der Waals surface area contributed by atoms with Crippen molar-refractivity contribution in [3.63, 3.8) is 0 Å². The van der Waals surface area contributed by atoms with Gasteiger partial charge in [0.2, 0.25) is 0 Å². The number of carboxylic acid groups (broad SMARTS) is 1. The van der Waals surface area contributed by atoms with Gasteiger partial charge in [-0.3, -0.25) is 4.79 Å². The highest BCUT2D eigenvalue weighted by atomic mass is 35.5. The first-order chi connectivity index (χ1) is 16.3. The SMILES string of the molecule is CN(C)Cc1ccc(N=C(c2cccc(CCC(=O)O)c2)c2c(O)[nH]c3cc(Cl)ccc23)cc1. The Labute approximate surface area is 203 Å². The maximum absolute atomic E-state index is 11.1. The maximum atomic E-state index is 11.1. The molecule has 0 spiro atoms. The molecule has 3 N–H and O–H groups in total. The number of H-pyrrole nitrogens is 1. The fourth-order valence-electron chi connectivity index (χ4n) is 3.96. The topological polar surface area (TPSA) is 88.9 Å². The molecule has 0 bridgehead atoms. The molecule has 6 nitrogen and oxygen atoms in total. The first kappa shape index (κ1) is 23.5. The van der Waals surface area contributed by atoms with Crippen LogP contribution in [-0.4, -0.2) is 45.9 Å². The molecule has 0 aliphatic carbocycles. The van der Waals surface area contributed by atoms with Gasteiger partial charge in [0.05, 0.1) is 22.5 Å². The zero-order valence-electron chi connectivity index (χ0n) is 19.0. The van der Waals surface area contributed by atoms with Crippen molar-refractivity contribution in [3.8, 4) is 5.88 Å². The molecule has 0 saturated carbocycles. The summed E-state index contributed by atoms with van der Waals surface area (Å²) in [4.78, 5) is 21.1. The molecular weight excluding hydrogens is 450 g/mol. The van der Waals surface area contributed by atoms with Gasteiger partial charge in [0.15, 0.2) is 5.88 Å². The normalized spacial score (nSPS) is 11.9. The molecule has 174 valence electrons. The van der Waals surface area contributed by atoms with Crippen LogP contribution in [0.25, 0.3) is 10.9 Å². The summed E-state index contributed by atoms with van der Waals surface area (Å²) in [5.74, 6) is -0.848. The van der Waals surface area contributed by atoms with Crippen LogP contribution in [0.4, 0.5) is 5.69 Å². The molecule has 0 radical (unpaired) electrons. The van der Waals surface area contributed by atoms with Crippen molar-refractivity contribution in [2.75, 3.05) is 14.1 Å². The molecule has 1 aromatic heterocycles. The number of carbonyl (C=O) groups is 1. The quantitative estimate of drug-likeness (QED) is 0.282. The van der Waals surface area contributed by atoms with Gasteiger partial charge in [-0.15, -0.1) is 0 Å². The zero-order valence-corrected chi connectivity index (χ0v) is 19.8. The number of nitrogens with zero attached hydrogens (tertiary/aromatic N) is 2. The van der Waals surface area contributed by atoms with E-state index in [4.69, 9.17) is 21.7 Å². The van der Waals surface area contributed by atoms with E-state index in [9.17, 15) is 9.90 Å². The fraction of sp³-hybridized carbons (Fsp3) is 0.185. The highest BCUT2D eigenvalue weighted by Gasteiger charge is 2.19. The van der Waals surface area contributed by atoms with Crippen molar-refractivity contribution in [3.05, 3.63) is 94.0 Å². The molecular formula is C27H26ClN3O3. The van der Waals surface area contributed by atoms with Gasteiger partial charge in [-0.05, 0) is 62.0 Å². The Morgan fingerprint density at radius 2 is 1.79 bits per heavy atom. The molecule has 0 unspecified atom stereocenters. The molecule has 0 atom stereocenters. The minimum atomic E-state index is -0.844. The van der Waals surface area contributed by atoms with E-state index >= 15 is 0 Å². The van der Waals surface area contributed by atoms with E-state index in [1.807, 2.05) is 68.7 Å². The van der Waals surface area contributed by atoms with Gasteiger partial charge in [-0.25, -0.2) is 4.99 Å². The standard InChI is InChI=1S/C27H26ClN3O3/c1-31(2)16-18-6-10-21(11-7-18)29-26(19-5-3-4-17(14-19)8-13-24(32)33)25-22-12-9-20(28)15-23(22)30-27(25)34/h3-7,9-12,14-15,30,34H,8,13,16H2,1-2H3,(H,32,33). The van der Waals surface area contributed by atoms with Crippen LogP contribution in [0.1, 0.15) is 28.7 Å². The molecule has 7 heteroatoms. The van der Waals surface area contributed by atoms with Gasteiger partial charge in [0, 0.05) is 28.9 Å². The largest absolute Gasteiger partial charge is 0.494 e. The number of rotatable bonds is 8. The Morgan fingerprint density at radius 3 is 2.50 bits per heavy atom. The van der Waals surface area contributed by atoms with Crippen LogP contribution in [0.2, 0.25) is 5.02 Å². The van der Waals surface area contributed by atoms with E-state index in [0.29, 0.717) is 28.2 Å². The number of aromatic amines is 1. The minimum Gasteiger partial charge on any atom is -0.494 e. The molecule has 0 saturated heterocycles. The van der Waals surface area contributed by atoms with Gasteiger partial charge in [0.1, 0.15) is 0 Å². The summed E-state index contributed by atoms with van der Waals surface area (Å²) in [5, 5.41) is 21.3. The molecule has 3 aromatic carbocycles. The van der Waals surface area contributed by atoms with Crippen molar-refractivity contribution in [2.45, 2.75) is 19.4 Å². The number of hydrogen-bond acceptors (Lipinski definition) is 4. The van der Waals surface area contributed by atoms with Crippen molar-refractivity contribution in [2.24, 2.45) is 4.99 Å². The summed E-state index contributed by atoms with van der Waals surface area (Å²) in [5.41, 5.74) is 5.45. The number of aliphatic imine (C=N–C) groups is 1. The number of aromatic nitrogens is 1. The number of benzene rings is 3. The first-order valence-electron chi connectivity index (χ1n) is 10.9. The number of carboxylic acids is 1. The molecule has 34 heavy (non-hydrogen) atoms. The third-order valence-corrected chi connectivity index (χ3v) is 5.72. The number of aryl methyl sites for hydroxylation is 1. The van der Waals surface area contributed by atoms with E-state index in [0.717, 1.165) is 28.7 Å². The number of hydrogen-bond donors (Lipinski definition) is 3. The van der Waals surface area contributed by atoms with Crippen molar-refractivity contribution in [1.29, 1.82) is 0 Å². The maximum Gasteiger partial charge on any atom is 0.303 e. The summed E-state index contributed by atoms with van der Waals surface area (Å²) in [7, 11) is 4.04. The Bertz CT molecular complexity index is 1360. The fourth-order valence-corrected chi connectivity index (χ4v) is 4.13. The third-order valence-electron chi connectivity index (χ3n) is 5.48. The molecule has 0 amide bonds. The lowest BCUT2D eigenvalue weighted by Gasteiger charge is -2.11. The van der Waals surface area contributed by atoms with Crippen molar-refractivity contribution in [1.82, 2.24) is 9.88 Å². The van der Waals surface area contributed by atoms with Crippen LogP contribution in [0, 0.1) is 0 Å². The lowest BCUT2D eigenvalue weighted by Crippen LogP contribution is -2.10. The molecule has 0 fully saturated rings. The van der Waals surface area contributed by atoms with Crippen LogP contribution < -0.4 is 0 Å².